The molecule has 2 nitrogen and oxygen atoms in total. The molecule has 0 bridgehead atoms. The number of ketones is 1. The summed E-state index contributed by atoms with van der Waals surface area (Å²) in [6.45, 7) is 13.5. The average molecular weight is 253 g/mol. The topological polar surface area (TPSA) is 20.3 Å². The van der Waals surface area contributed by atoms with Crippen LogP contribution in [0.1, 0.15) is 66.7 Å². The molecular weight excluding hydrogens is 222 g/mol. The van der Waals surface area contributed by atoms with Gasteiger partial charge in [-0.25, -0.2) is 0 Å². The van der Waals surface area contributed by atoms with E-state index >= 15 is 0 Å². The standard InChI is InChI=1S/C16H31NO/c1-13(2)6-7-15(18)12-14-8-10-17(11-9-14)16(3,4)5/h13-14H,6-12H2,1-5H3. The third-order valence-corrected chi connectivity index (χ3v) is 4.08. The summed E-state index contributed by atoms with van der Waals surface area (Å²) in [7, 11) is 0. The minimum Gasteiger partial charge on any atom is -0.300 e. The molecule has 0 atom stereocenters. The van der Waals surface area contributed by atoms with Crippen LogP contribution in [0.4, 0.5) is 0 Å². The van der Waals surface area contributed by atoms with Crippen LogP contribution in [0, 0.1) is 11.8 Å². The molecule has 0 aromatic rings. The molecule has 0 N–H and O–H groups in total. The molecule has 0 amide bonds. The highest BCUT2D eigenvalue weighted by molar-refractivity contribution is 5.78. The minimum absolute atomic E-state index is 0.284. The van der Waals surface area contributed by atoms with Crippen molar-refractivity contribution in [3.63, 3.8) is 0 Å². The number of Topliss-reactive ketones (excluding diaryl/α,β-unsaturated/α-hetero) is 1. The molecule has 1 rings (SSSR count). The van der Waals surface area contributed by atoms with Crippen LogP contribution in [0.5, 0.6) is 0 Å². The van der Waals surface area contributed by atoms with Gasteiger partial charge in [0.15, 0.2) is 0 Å². The highest BCUT2D eigenvalue weighted by atomic mass is 16.1. The van der Waals surface area contributed by atoms with Crippen molar-refractivity contribution in [3.8, 4) is 0 Å². The van der Waals surface area contributed by atoms with Crippen LogP contribution in [0.3, 0.4) is 0 Å². The molecule has 0 spiro atoms. The van der Waals surface area contributed by atoms with E-state index in [9.17, 15) is 4.79 Å². The number of rotatable bonds is 5. The lowest BCUT2D eigenvalue weighted by molar-refractivity contribution is -0.120. The number of hydrogen-bond acceptors (Lipinski definition) is 2. The molecule has 0 unspecified atom stereocenters. The van der Waals surface area contributed by atoms with Gasteiger partial charge in [-0.1, -0.05) is 13.8 Å². The summed E-state index contributed by atoms with van der Waals surface area (Å²) >= 11 is 0. The van der Waals surface area contributed by atoms with Crippen molar-refractivity contribution in [2.45, 2.75) is 72.3 Å². The van der Waals surface area contributed by atoms with Gasteiger partial charge in [-0.15, -0.1) is 0 Å². The summed E-state index contributed by atoms with van der Waals surface area (Å²) < 4.78 is 0. The minimum atomic E-state index is 0.284. The third kappa shape index (κ3) is 5.51. The van der Waals surface area contributed by atoms with E-state index in [1.165, 1.54) is 12.8 Å². The largest absolute Gasteiger partial charge is 0.300 e. The number of likely N-dealkylation sites (tertiary alicyclic amines) is 1. The second kappa shape index (κ2) is 6.70. The number of carbonyl (C=O) groups excluding carboxylic acids is 1. The fraction of sp³-hybridized carbons (Fsp3) is 0.938. The van der Waals surface area contributed by atoms with Crippen LogP contribution in [0.15, 0.2) is 0 Å². The van der Waals surface area contributed by atoms with Gasteiger partial charge in [-0.2, -0.15) is 0 Å². The maximum absolute atomic E-state index is 11.9. The zero-order valence-corrected chi connectivity index (χ0v) is 13.0. The molecule has 0 aromatic carbocycles. The fourth-order valence-electron chi connectivity index (χ4n) is 2.68. The Balaban J connectivity index is 2.25. The number of piperidine rings is 1. The highest BCUT2D eigenvalue weighted by Gasteiger charge is 2.27. The summed E-state index contributed by atoms with van der Waals surface area (Å²) in [6.07, 6.45) is 5.07. The Bertz CT molecular complexity index is 257. The second-order valence-corrected chi connectivity index (χ2v) is 7.28. The second-order valence-electron chi connectivity index (χ2n) is 7.28. The Kier molecular flexibility index (Phi) is 5.84. The lowest BCUT2D eigenvalue weighted by Gasteiger charge is -2.40. The normalized spacial score (nSPS) is 19.4. The van der Waals surface area contributed by atoms with Crippen molar-refractivity contribution in [1.82, 2.24) is 4.90 Å². The van der Waals surface area contributed by atoms with Crippen LogP contribution in [-0.4, -0.2) is 29.3 Å². The molecule has 0 aliphatic carbocycles. The summed E-state index contributed by atoms with van der Waals surface area (Å²) in [4.78, 5) is 14.4. The Morgan fingerprint density at radius 3 is 2.22 bits per heavy atom. The van der Waals surface area contributed by atoms with Gasteiger partial charge in [0.2, 0.25) is 0 Å². The zero-order chi connectivity index (χ0) is 13.8. The van der Waals surface area contributed by atoms with Gasteiger partial charge in [0.05, 0.1) is 0 Å². The maximum atomic E-state index is 11.9. The number of carbonyl (C=O) groups is 1. The average Bonchev–Trinajstić information content (AvgIpc) is 2.26. The van der Waals surface area contributed by atoms with Gasteiger partial charge in [-0.3, -0.25) is 9.69 Å². The smallest absolute Gasteiger partial charge is 0.133 e. The first-order valence-corrected chi connectivity index (χ1v) is 7.55. The predicted octanol–water partition coefficient (Wildman–Crippen LogP) is 3.89. The Morgan fingerprint density at radius 1 is 1.22 bits per heavy atom. The number of hydrogen-bond donors (Lipinski definition) is 0. The lowest BCUT2D eigenvalue weighted by Crippen LogP contribution is -2.46. The molecule has 0 aromatic heterocycles. The molecule has 1 aliphatic heterocycles. The quantitative estimate of drug-likeness (QED) is 0.741. The van der Waals surface area contributed by atoms with Crippen molar-refractivity contribution in [1.29, 1.82) is 0 Å². The van der Waals surface area contributed by atoms with Crippen molar-refractivity contribution in [3.05, 3.63) is 0 Å². The first-order valence-electron chi connectivity index (χ1n) is 7.55. The predicted molar refractivity (Wildman–Crippen MR) is 77.7 cm³/mol. The Morgan fingerprint density at radius 2 is 1.78 bits per heavy atom. The van der Waals surface area contributed by atoms with E-state index in [2.05, 4.69) is 39.5 Å². The molecule has 2 heteroatoms. The summed E-state index contributed by atoms with van der Waals surface area (Å²) in [6, 6.07) is 0. The third-order valence-electron chi connectivity index (χ3n) is 4.08. The summed E-state index contributed by atoms with van der Waals surface area (Å²) in [5.74, 6) is 1.78. The van der Waals surface area contributed by atoms with Crippen LogP contribution in [0.2, 0.25) is 0 Å². The Labute approximate surface area is 113 Å². The van der Waals surface area contributed by atoms with Crippen molar-refractivity contribution < 1.29 is 4.79 Å². The van der Waals surface area contributed by atoms with E-state index < -0.39 is 0 Å². The van der Waals surface area contributed by atoms with Gasteiger partial charge >= 0.3 is 0 Å². The summed E-state index contributed by atoms with van der Waals surface area (Å²) in [5.41, 5.74) is 0.284. The monoisotopic (exact) mass is 253 g/mol. The van der Waals surface area contributed by atoms with E-state index in [1.54, 1.807) is 0 Å². The van der Waals surface area contributed by atoms with E-state index in [1.807, 2.05) is 0 Å². The molecule has 0 radical (unpaired) electrons. The van der Waals surface area contributed by atoms with Crippen molar-refractivity contribution in [2.75, 3.05) is 13.1 Å². The highest BCUT2D eigenvalue weighted by Crippen LogP contribution is 2.26. The van der Waals surface area contributed by atoms with Crippen molar-refractivity contribution >= 4 is 5.78 Å². The summed E-state index contributed by atoms with van der Waals surface area (Å²) in [5, 5.41) is 0. The van der Waals surface area contributed by atoms with Gasteiger partial charge in [0.1, 0.15) is 5.78 Å². The number of nitrogens with zero attached hydrogens (tertiary/aromatic N) is 1. The molecule has 1 heterocycles. The lowest BCUT2D eigenvalue weighted by atomic mass is 9.88. The first kappa shape index (κ1) is 15.7. The van der Waals surface area contributed by atoms with Crippen molar-refractivity contribution in [2.24, 2.45) is 11.8 Å². The molecule has 1 fully saturated rings. The van der Waals surface area contributed by atoms with E-state index in [4.69, 9.17) is 0 Å². The molecule has 0 saturated carbocycles. The molecule has 106 valence electrons. The van der Waals surface area contributed by atoms with Crippen LogP contribution < -0.4 is 0 Å². The SMILES string of the molecule is CC(C)CCC(=O)CC1CCN(C(C)(C)C)CC1. The maximum Gasteiger partial charge on any atom is 0.133 e. The van der Waals surface area contributed by atoms with Crippen LogP contribution in [-0.2, 0) is 4.79 Å². The molecule has 1 saturated heterocycles. The van der Waals surface area contributed by atoms with E-state index in [-0.39, 0.29) is 5.54 Å². The molecule has 1 aliphatic rings. The van der Waals surface area contributed by atoms with Crippen LogP contribution >= 0.6 is 0 Å². The van der Waals surface area contributed by atoms with Gasteiger partial charge in [0, 0.05) is 18.4 Å². The molecule has 18 heavy (non-hydrogen) atoms. The van der Waals surface area contributed by atoms with Gasteiger partial charge in [-0.05, 0) is 65.0 Å². The van der Waals surface area contributed by atoms with Gasteiger partial charge in [0.25, 0.3) is 0 Å². The fourth-order valence-corrected chi connectivity index (χ4v) is 2.68. The van der Waals surface area contributed by atoms with Crippen LogP contribution in [0.25, 0.3) is 0 Å². The zero-order valence-electron chi connectivity index (χ0n) is 13.0. The van der Waals surface area contributed by atoms with E-state index in [0.717, 1.165) is 32.4 Å². The Hall–Kier alpha value is -0.370. The van der Waals surface area contributed by atoms with E-state index in [0.29, 0.717) is 17.6 Å². The first-order chi connectivity index (χ1) is 8.29. The molecular formula is C16H31NO. The van der Waals surface area contributed by atoms with Gasteiger partial charge < -0.3 is 0 Å².